The Labute approximate surface area is 113 Å². The molecule has 1 fully saturated rings. The van der Waals surface area contributed by atoms with Crippen molar-refractivity contribution in [3.63, 3.8) is 0 Å². The maximum atomic E-state index is 5.60. The number of hydrogen-bond acceptors (Lipinski definition) is 1. The summed E-state index contributed by atoms with van der Waals surface area (Å²) in [6.45, 7) is 6.70. The van der Waals surface area contributed by atoms with Crippen LogP contribution in [0.2, 0.25) is 0 Å². The van der Waals surface area contributed by atoms with Crippen molar-refractivity contribution in [1.82, 2.24) is 0 Å². The van der Waals surface area contributed by atoms with Gasteiger partial charge in [-0.2, -0.15) is 0 Å². The third-order valence-corrected chi connectivity index (χ3v) is 4.73. The van der Waals surface area contributed by atoms with Crippen molar-refractivity contribution in [2.24, 2.45) is 0 Å². The SMILES string of the molecule is COc1cc(C)cc(C)c1C1(C)CCC(Br)C1. The van der Waals surface area contributed by atoms with E-state index in [-0.39, 0.29) is 5.41 Å². The van der Waals surface area contributed by atoms with E-state index >= 15 is 0 Å². The first-order valence-corrected chi connectivity index (χ1v) is 7.17. The summed E-state index contributed by atoms with van der Waals surface area (Å²) in [5.74, 6) is 1.06. The van der Waals surface area contributed by atoms with Gasteiger partial charge in [-0.25, -0.2) is 0 Å². The second-order valence-corrected chi connectivity index (χ2v) is 6.85. The van der Waals surface area contributed by atoms with Gasteiger partial charge in [0.25, 0.3) is 0 Å². The van der Waals surface area contributed by atoms with Crippen molar-refractivity contribution < 1.29 is 4.74 Å². The molecule has 2 atom stereocenters. The van der Waals surface area contributed by atoms with Crippen molar-refractivity contribution in [3.05, 3.63) is 28.8 Å². The maximum absolute atomic E-state index is 5.60. The lowest BCUT2D eigenvalue weighted by Crippen LogP contribution is -2.20. The fraction of sp³-hybridized carbons (Fsp3) is 0.600. The van der Waals surface area contributed by atoms with Crippen LogP contribution in [-0.4, -0.2) is 11.9 Å². The topological polar surface area (TPSA) is 9.23 Å². The maximum Gasteiger partial charge on any atom is 0.123 e. The summed E-state index contributed by atoms with van der Waals surface area (Å²) in [7, 11) is 1.78. The van der Waals surface area contributed by atoms with Gasteiger partial charge in [0, 0.05) is 10.4 Å². The number of benzene rings is 1. The minimum atomic E-state index is 0.261. The molecule has 94 valence electrons. The van der Waals surface area contributed by atoms with Crippen LogP contribution in [0.15, 0.2) is 12.1 Å². The first-order valence-electron chi connectivity index (χ1n) is 6.26. The lowest BCUT2D eigenvalue weighted by Gasteiger charge is -2.29. The molecule has 1 nitrogen and oxygen atoms in total. The predicted molar refractivity (Wildman–Crippen MR) is 76.4 cm³/mol. The van der Waals surface area contributed by atoms with Gasteiger partial charge in [0.1, 0.15) is 5.75 Å². The van der Waals surface area contributed by atoms with Crippen LogP contribution >= 0.6 is 15.9 Å². The molecule has 0 bridgehead atoms. The number of hydrogen-bond donors (Lipinski definition) is 0. The third-order valence-electron chi connectivity index (χ3n) is 3.95. The van der Waals surface area contributed by atoms with E-state index in [4.69, 9.17) is 4.74 Å². The molecule has 0 N–H and O–H groups in total. The predicted octanol–water partition coefficient (Wildman–Crippen LogP) is 4.52. The van der Waals surface area contributed by atoms with Crippen LogP contribution in [0.3, 0.4) is 0 Å². The summed E-state index contributed by atoms with van der Waals surface area (Å²) >= 11 is 3.76. The van der Waals surface area contributed by atoms with E-state index in [0.29, 0.717) is 4.83 Å². The molecular formula is C15H21BrO. The van der Waals surface area contributed by atoms with Crippen molar-refractivity contribution in [2.45, 2.75) is 50.3 Å². The number of rotatable bonds is 2. The zero-order valence-electron chi connectivity index (χ0n) is 11.1. The Balaban J connectivity index is 2.51. The molecule has 17 heavy (non-hydrogen) atoms. The lowest BCUT2D eigenvalue weighted by molar-refractivity contribution is 0.385. The van der Waals surface area contributed by atoms with E-state index in [9.17, 15) is 0 Å². The highest BCUT2D eigenvalue weighted by molar-refractivity contribution is 9.09. The molecule has 0 radical (unpaired) electrons. The average Bonchev–Trinajstić information content (AvgIpc) is 2.57. The van der Waals surface area contributed by atoms with E-state index in [1.165, 1.54) is 36.0 Å². The van der Waals surface area contributed by atoms with Crippen LogP contribution < -0.4 is 4.74 Å². The molecule has 1 aromatic rings. The Morgan fingerprint density at radius 1 is 1.35 bits per heavy atom. The molecule has 0 heterocycles. The smallest absolute Gasteiger partial charge is 0.123 e. The van der Waals surface area contributed by atoms with Gasteiger partial charge in [-0.05, 0) is 55.7 Å². The fourth-order valence-electron chi connectivity index (χ4n) is 3.26. The Bertz CT molecular complexity index is 427. The van der Waals surface area contributed by atoms with E-state index in [1.807, 2.05) is 0 Å². The van der Waals surface area contributed by atoms with Crippen LogP contribution in [0.5, 0.6) is 5.75 Å². The van der Waals surface area contributed by atoms with E-state index in [0.717, 1.165) is 5.75 Å². The van der Waals surface area contributed by atoms with Crippen molar-refractivity contribution in [3.8, 4) is 5.75 Å². The van der Waals surface area contributed by atoms with E-state index < -0.39 is 0 Å². The summed E-state index contributed by atoms with van der Waals surface area (Å²) in [6.07, 6.45) is 3.70. The highest BCUT2D eigenvalue weighted by atomic mass is 79.9. The highest BCUT2D eigenvalue weighted by Crippen LogP contribution is 2.48. The van der Waals surface area contributed by atoms with Crippen molar-refractivity contribution in [1.29, 1.82) is 0 Å². The number of methoxy groups -OCH3 is 1. The van der Waals surface area contributed by atoms with Gasteiger partial charge < -0.3 is 4.74 Å². The molecule has 2 heteroatoms. The zero-order valence-corrected chi connectivity index (χ0v) is 12.7. The van der Waals surface area contributed by atoms with Crippen molar-refractivity contribution >= 4 is 15.9 Å². The summed E-state index contributed by atoms with van der Waals surface area (Å²) in [6, 6.07) is 4.43. The number of ether oxygens (including phenoxy) is 1. The molecule has 0 saturated heterocycles. The minimum absolute atomic E-state index is 0.261. The molecule has 1 aliphatic rings. The summed E-state index contributed by atoms with van der Waals surface area (Å²) in [5.41, 5.74) is 4.32. The van der Waals surface area contributed by atoms with E-state index in [1.54, 1.807) is 7.11 Å². The molecule has 2 unspecified atom stereocenters. The van der Waals surface area contributed by atoms with Crippen LogP contribution in [0.4, 0.5) is 0 Å². The third kappa shape index (κ3) is 2.37. The highest BCUT2D eigenvalue weighted by Gasteiger charge is 2.38. The largest absolute Gasteiger partial charge is 0.496 e. The molecule has 0 aromatic heterocycles. The van der Waals surface area contributed by atoms with Crippen LogP contribution in [-0.2, 0) is 5.41 Å². The van der Waals surface area contributed by atoms with Gasteiger partial charge in [-0.15, -0.1) is 0 Å². The van der Waals surface area contributed by atoms with Gasteiger partial charge >= 0.3 is 0 Å². The number of alkyl halides is 1. The molecule has 0 aliphatic heterocycles. The summed E-state index contributed by atoms with van der Waals surface area (Å²) in [4.78, 5) is 0.651. The second-order valence-electron chi connectivity index (χ2n) is 5.56. The van der Waals surface area contributed by atoms with E-state index in [2.05, 4.69) is 48.8 Å². The zero-order chi connectivity index (χ0) is 12.6. The fourth-order valence-corrected chi connectivity index (χ4v) is 4.20. The number of aryl methyl sites for hydroxylation is 2. The Kier molecular flexibility index (Phi) is 3.53. The van der Waals surface area contributed by atoms with Gasteiger partial charge in [0.05, 0.1) is 7.11 Å². The quantitative estimate of drug-likeness (QED) is 0.729. The molecular weight excluding hydrogens is 276 g/mol. The molecule has 1 aromatic carbocycles. The molecule has 0 spiro atoms. The van der Waals surface area contributed by atoms with Gasteiger partial charge in [-0.3, -0.25) is 0 Å². The number of halogens is 1. The summed E-state index contributed by atoms with van der Waals surface area (Å²) in [5, 5.41) is 0. The van der Waals surface area contributed by atoms with Crippen LogP contribution in [0.25, 0.3) is 0 Å². The standard InChI is InChI=1S/C15H21BrO/c1-10-7-11(2)14(13(8-10)17-4)15(3)6-5-12(16)9-15/h7-8,12H,5-6,9H2,1-4H3. The monoisotopic (exact) mass is 296 g/mol. The van der Waals surface area contributed by atoms with Gasteiger partial charge in [0.15, 0.2) is 0 Å². The molecule has 2 rings (SSSR count). The van der Waals surface area contributed by atoms with Crippen LogP contribution in [0.1, 0.15) is 42.9 Å². The lowest BCUT2D eigenvalue weighted by atomic mass is 9.78. The molecule has 1 aliphatic carbocycles. The first-order chi connectivity index (χ1) is 7.96. The van der Waals surface area contributed by atoms with Gasteiger partial charge in [-0.1, -0.05) is 28.9 Å². The van der Waals surface area contributed by atoms with Gasteiger partial charge in [0.2, 0.25) is 0 Å². The van der Waals surface area contributed by atoms with Crippen LogP contribution in [0, 0.1) is 13.8 Å². The normalized spacial score (nSPS) is 28.4. The summed E-state index contributed by atoms with van der Waals surface area (Å²) < 4.78 is 5.60. The Morgan fingerprint density at radius 2 is 2.06 bits per heavy atom. The first kappa shape index (κ1) is 12.9. The second kappa shape index (κ2) is 4.64. The minimum Gasteiger partial charge on any atom is -0.496 e. The van der Waals surface area contributed by atoms with Crippen molar-refractivity contribution in [2.75, 3.05) is 7.11 Å². The Hall–Kier alpha value is -0.500. The average molecular weight is 297 g/mol. The molecule has 1 saturated carbocycles. The molecule has 0 amide bonds. The Morgan fingerprint density at radius 3 is 2.59 bits per heavy atom.